The van der Waals surface area contributed by atoms with Gasteiger partial charge < -0.3 is 15.0 Å². The molecule has 2 N–H and O–H groups in total. The van der Waals surface area contributed by atoms with E-state index in [1.54, 1.807) is 7.11 Å². The molecule has 1 fully saturated rings. The van der Waals surface area contributed by atoms with Crippen LogP contribution in [0.2, 0.25) is 0 Å². The molecule has 0 aliphatic carbocycles. The van der Waals surface area contributed by atoms with E-state index in [1.807, 2.05) is 42.5 Å². The van der Waals surface area contributed by atoms with Crippen molar-refractivity contribution in [2.75, 3.05) is 26.7 Å². The molecule has 0 unspecified atom stereocenters. The molecule has 0 radical (unpaired) electrons. The van der Waals surface area contributed by atoms with Crippen molar-refractivity contribution < 1.29 is 14.4 Å². The molecule has 0 saturated carbocycles. The van der Waals surface area contributed by atoms with Gasteiger partial charge in [0.15, 0.2) is 6.54 Å². The van der Waals surface area contributed by atoms with Crippen molar-refractivity contribution in [3.05, 3.63) is 65.7 Å². The van der Waals surface area contributed by atoms with E-state index in [0.29, 0.717) is 6.54 Å². The van der Waals surface area contributed by atoms with Gasteiger partial charge in [-0.25, -0.2) is 0 Å². The van der Waals surface area contributed by atoms with Crippen molar-refractivity contribution in [3.8, 4) is 5.75 Å². The first-order valence-corrected chi connectivity index (χ1v) is 10.1. The van der Waals surface area contributed by atoms with Gasteiger partial charge in [0, 0.05) is 0 Å². The standard InChI is InChI=1S/C23H30N2O2/c1-27-21-14-12-20(13-15-21)23(19-10-6-5-7-11-19)24-22(26)18-25-16-8-3-2-4-9-17-25/h5-7,10-15,23H,2-4,8-9,16-18H2,1H3,(H,24,26)/p+1/t23-/m1/s1. The molecule has 4 nitrogen and oxygen atoms in total. The highest BCUT2D eigenvalue weighted by Crippen LogP contribution is 2.24. The van der Waals surface area contributed by atoms with Gasteiger partial charge in [0.25, 0.3) is 5.91 Å². The number of hydrogen-bond donors (Lipinski definition) is 2. The minimum Gasteiger partial charge on any atom is -0.497 e. The van der Waals surface area contributed by atoms with Crippen LogP contribution >= 0.6 is 0 Å². The van der Waals surface area contributed by atoms with Crippen molar-refractivity contribution in [2.45, 2.75) is 38.1 Å². The van der Waals surface area contributed by atoms with E-state index in [2.05, 4.69) is 17.4 Å². The Bertz CT molecular complexity index is 692. The smallest absolute Gasteiger partial charge is 0.275 e. The predicted octanol–water partition coefficient (Wildman–Crippen LogP) is 2.75. The van der Waals surface area contributed by atoms with Crippen molar-refractivity contribution >= 4 is 5.91 Å². The molecule has 4 heteroatoms. The monoisotopic (exact) mass is 367 g/mol. The highest BCUT2D eigenvalue weighted by Gasteiger charge is 2.21. The number of hydrogen-bond acceptors (Lipinski definition) is 2. The van der Waals surface area contributed by atoms with Gasteiger partial charge in [-0.15, -0.1) is 0 Å². The molecule has 144 valence electrons. The van der Waals surface area contributed by atoms with Gasteiger partial charge in [0.05, 0.1) is 26.2 Å². The molecule has 1 saturated heterocycles. The Morgan fingerprint density at radius 3 is 2.15 bits per heavy atom. The number of ether oxygens (including phenoxy) is 1. The van der Waals surface area contributed by atoms with Crippen LogP contribution in [0.4, 0.5) is 0 Å². The van der Waals surface area contributed by atoms with Crippen LogP contribution in [0.1, 0.15) is 49.3 Å². The van der Waals surface area contributed by atoms with E-state index in [9.17, 15) is 4.79 Å². The topological polar surface area (TPSA) is 42.8 Å². The van der Waals surface area contributed by atoms with Crippen molar-refractivity contribution in [2.24, 2.45) is 0 Å². The third-order valence-electron chi connectivity index (χ3n) is 5.36. The number of methoxy groups -OCH3 is 1. The summed E-state index contributed by atoms with van der Waals surface area (Å²) in [4.78, 5) is 14.2. The van der Waals surface area contributed by atoms with E-state index in [1.165, 1.54) is 37.0 Å². The van der Waals surface area contributed by atoms with Crippen LogP contribution in [0, 0.1) is 0 Å². The lowest BCUT2D eigenvalue weighted by Gasteiger charge is -2.24. The Hall–Kier alpha value is -2.33. The van der Waals surface area contributed by atoms with E-state index in [0.717, 1.165) is 30.0 Å². The second kappa shape index (κ2) is 10.1. The van der Waals surface area contributed by atoms with Crippen LogP contribution in [-0.4, -0.2) is 32.7 Å². The lowest BCUT2D eigenvalue weighted by molar-refractivity contribution is -0.893. The molecular formula is C23H31N2O2+. The molecular weight excluding hydrogens is 336 g/mol. The lowest BCUT2D eigenvalue weighted by Crippen LogP contribution is -3.13. The zero-order chi connectivity index (χ0) is 18.9. The van der Waals surface area contributed by atoms with Crippen molar-refractivity contribution in [3.63, 3.8) is 0 Å². The van der Waals surface area contributed by atoms with Gasteiger partial charge in [-0.1, -0.05) is 48.9 Å². The van der Waals surface area contributed by atoms with Crippen LogP contribution < -0.4 is 15.0 Å². The number of nitrogens with one attached hydrogen (secondary N) is 2. The summed E-state index contributed by atoms with van der Waals surface area (Å²) in [5.41, 5.74) is 2.16. The fourth-order valence-electron chi connectivity index (χ4n) is 3.82. The van der Waals surface area contributed by atoms with Crippen LogP contribution in [-0.2, 0) is 4.79 Å². The minimum absolute atomic E-state index is 0.121. The Balaban J connectivity index is 1.71. The third-order valence-corrected chi connectivity index (χ3v) is 5.36. The first kappa shape index (κ1) is 19.4. The van der Waals surface area contributed by atoms with Gasteiger partial charge in [0.2, 0.25) is 0 Å². The Labute approximate surface area is 162 Å². The molecule has 0 bridgehead atoms. The second-order valence-corrected chi connectivity index (χ2v) is 7.38. The van der Waals surface area contributed by atoms with Gasteiger partial charge in [-0.3, -0.25) is 4.79 Å². The number of carbonyl (C=O) groups is 1. The zero-order valence-corrected chi connectivity index (χ0v) is 16.2. The van der Waals surface area contributed by atoms with Gasteiger partial charge in [-0.2, -0.15) is 0 Å². The molecule has 0 spiro atoms. The molecule has 27 heavy (non-hydrogen) atoms. The maximum absolute atomic E-state index is 12.8. The highest BCUT2D eigenvalue weighted by molar-refractivity contribution is 5.78. The fourth-order valence-corrected chi connectivity index (χ4v) is 3.82. The summed E-state index contributed by atoms with van der Waals surface area (Å²) < 4.78 is 5.27. The van der Waals surface area contributed by atoms with Gasteiger partial charge >= 0.3 is 0 Å². The summed E-state index contributed by atoms with van der Waals surface area (Å²) >= 11 is 0. The first-order valence-electron chi connectivity index (χ1n) is 10.1. The molecule has 1 amide bonds. The number of quaternary nitrogens is 1. The fraction of sp³-hybridized carbons (Fsp3) is 0.435. The first-order chi connectivity index (χ1) is 13.3. The minimum atomic E-state index is -0.140. The van der Waals surface area contributed by atoms with Crippen LogP contribution in [0.15, 0.2) is 54.6 Å². The predicted molar refractivity (Wildman–Crippen MR) is 108 cm³/mol. The zero-order valence-electron chi connectivity index (χ0n) is 16.2. The SMILES string of the molecule is COc1ccc([C@H](NC(=O)C[NH+]2CCCCCCC2)c2ccccc2)cc1. The van der Waals surface area contributed by atoms with E-state index in [-0.39, 0.29) is 11.9 Å². The quantitative estimate of drug-likeness (QED) is 0.824. The van der Waals surface area contributed by atoms with Crippen LogP contribution in [0.5, 0.6) is 5.75 Å². The van der Waals surface area contributed by atoms with Crippen LogP contribution in [0.25, 0.3) is 0 Å². The molecule has 1 aliphatic rings. The van der Waals surface area contributed by atoms with Gasteiger partial charge in [-0.05, 0) is 48.9 Å². The maximum Gasteiger partial charge on any atom is 0.275 e. The van der Waals surface area contributed by atoms with E-state index < -0.39 is 0 Å². The lowest BCUT2D eigenvalue weighted by atomic mass is 9.98. The van der Waals surface area contributed by atoms with Crippen molar-refractivity contribution in [1.82, 2.24) is 5.32 Å². The Morgan fingerprint density at radius 1 is 0.926 bits per heavy atom. The average molecular weight is 368 g/mol. The van der Waals surface area contributed by atoms with Crippen molar-refractivity contribution in [1.29, 1.82) is 0 Å². The summed E-state index contributed by atoms with van der Waals surface area (Å²) in [7, 11) is 1.66. The normalized spacial score (nSPS) is 16.8. The third kappa shape index (κ3) is 5.83. The Kier molecular flexibility index (Phi) is 7.28. The maximum atomic E-state index is 12.8. The number of likely N-dealkylation sites (tertiary alicyclic amines) is 1. The summed E-state index contributed by atoms with van der Waals surface area (Å²) in [5, 5.41) is 3.27. The molecule has 1 heterocycles. The molecule has 2 aromatic carbocycles. The average Bonchev–Trinajstić information content (AvgIpc) is 2.69. The largest absolute Gasteiger partial charge is 0.497 e. The second-order valence-electron chi connectivity index (χ2n) is 7.38. The van der Waals surface area contributed by atoms with Crippen LogP contribution in [0.3, 0.4) is 0 Å². The molecule has 0 aromatic heterocycles. The molecule has 1 aliphatic heterocycles. The summed E-state index contributed by atoms with van der Waals surface area (Å²) in [6.07, 6.45) is 6.38. The summed E-state index contributed by atoms with van der Waals surface area (Å²) in [5.74, 6) is 0.942. The number of amides is 1. The Morgan fingerprint density at radius 2 is 1.52 bits per heavy atom. The summed E-state index contributed by atoms with van der Waals surface area (Å²) in [6.45, 7) is 2.76. The molecule has 3 rings (SSSR count). The van der Waals surface area contributed by atoms with Gasteiger partial charge in [0.1, 0.15) is 5.75 Å². The molecule has 1 atom stereocenters. The van der Waals surface area contributed by atoms with E-state index in [4.69, 9.17) is 4.74 Å². The van der Waals surface area contributed by atoms with E-state index >= 15 is 0 Å². The number of carbonyl (C=O) groups excluding carboxylic acids is 1. The molecule has 2 aromatic rings. The highest BCUT2D eigenvalue weighted by atomic mass is 16.5. The number of benzene rings is 2. The summed E-state index contributed by atoms with van der Waals surface area (Å²) in [6, 6.07) is 18.0. The number of rotatable bonds is 6.